The summed E-state index contributed by atoms with van der Waals surface area (Å²) in [5, 5.41) is 2.76. The lowest BCUT2D eigenvalue weighted by Crippen LogP contribution is -2.23. The summed E-state index contributed by atoms with van der Waals surface area (Å²) in [4.78, 5) is 11.9. The molecule has 0 saturated heterocycles. The van der Waals surface area contributed by atoms with Crippen molar-refractivity contribution in [2.45, 2.75) is 6.54 Å². The molecular weight excluding hydrogens is 424 g/mol. The summed E-state index contributed by atoms with van der Waals surface area (Å²) in [6.07, 6.45) is 0. The third-order valence-electron chi connectivity index (χ3n) is 2.55. The maximum Gasteiger partial charge on any atom is 0.251 e. The molecule has 0 atom stereocenters. The highest BCUT2D eigenvalue weighted by molar-refractivity contribution is 14.1. The topological polar surface area (TPSA) is 29.1 Å². The molecule has 0 saturated carbocycles. The smallest absolute Gasteiger partial charge is 0.251 e. The largest absolute Gasteiger partial charge is 0.348 e. The summed E-state index contributed by atoms with van der Waals surface area (Å²) in [7, 11) is 0. The molecule has 98 valence electrons. The lowest BCUT2D eigenvalue weighted by atomic mass is 10.2. The quantitative estimate of drug-likeness (QED) is 0.724. The standard InChI is InChI=1S/C14H10BrFINO/c15-13-6-3-11(16)7-10(13)8-18-14(19)9-1-4-12(17)5-2-9/h1-7H,8H2,(H,18,19). The second-order valence-electron chi connectivity index (χ2n) is 3.93. The zero-order valence-electron chi connectivity index (χ0n) is 9.79. The van der Waals surface area contributed by atoms with Gasteiger partial charge in [-0.15, -0.1) is 0 Å². The fraction of sp³-hybridized carbons (Fsp3) is 0.0714. The fourth-order valence-corrected chi connectivity index (χ4v) is 2.30. The molecule has 2 aromatic rings. The van der Waals surface area contributed by atoms with Crippen molar-refractivity contribution in [1.82, 2.24) is 5.32 Å². The summed E-state index contributed by atoms with van der Waals surface area (Å²) in [6.45, 7) is 0.281. The molecule has 0 aliphatic rings. The number of carbonyl (C=O) groups is 1. The highest BCUT2D eigenvalue weighted by atomic mass is 127. The maximum absolute atomic E-state index is 13.1. The van der Waals surface area contributed by atoms with E-state index in [1.54, 1.807) is 18.2 Å². The predicted octanol–water partition coefficient (Wildman–Crippen LogP) is 4.12. The third kappa shape index (κ3) is 4.01. The van der Waals surface area contributed by atoms with Gasteiger partial charge in [0.05, 0.1) is 0 Å². The van der Waals surface area contributed by atoms with Gasteiger partial charge < -0.3 is 5.32 Å². The van der Waals surface area contributed by atoms with Crippen molar-refractivity contribution >= 4 is 44.4 Å². The predicted molar refractivity (Wildman–Crippen MR) is 84.4 cm³/mol. The third-order valence-corrected chi connectivity index (χ3v) is 4.05. The van der Waals surface area contributed by atoms with E-state index in [1.807, 2.05) is 12.1 Å². The van der Waals surface area contributed by atoms with Gasteiger partial charge in [-0.25, -0.2) is 4.39 Å². The summed E-state index contributed by atoms with van der Waals surface area (Å²) in [6, 6.07) is 11.7. The Balaban J connectivity index is 2.04. The first-order valence-corrected chi connectivity index (χ1v) is 7.41. The van der Waals surface area contributed by atoms with Crippen LogP contribution >= 0.6 is 38.5 Å². The number of halogens is 3. The van der Waals surface area contributed by atoms with Crippen LogP contribution in [0.1, 0.15) is 15.9 Å². The van der Waals surface area contributed by atoms with Gasteiger partial charge in [0.25, 0.3) is 5.91 Å². The van der Waals surface area contributed by atoms with Crippen molar-refractivity contribution in [1.29, 1.82) is 0 Å². The normalized spacial score (nSPS) is 10.3. The molecule has 0 fully saturated rings. The van der Waals surface area contributed by atoms with E-state index < -0.39 is 0 Å². The Bertz CT molecular complexity index is 601. The van der Waals surface area contributed by atoms with Crippen molar-refractivity contribution in [3.8, 4) is 0 Å². The maximum atomic E-state index is 13.1. The van der Waals surface area contributed by atoms with E-state index in [2.05, 4.69) is 43.8 Å². The van der Waals surface area contributed by atoms with Gasteiger partial charge in [0, 0.05) is 20.2 Å². The van der Waals surface area contributed by atoms with Crippen LogP contribution in [0.25, 0.3) is 0 Å². The van der Waals surface area contributed by atoms with E-state index in [0.29, 0.717) is 11.1 Å². The van der Waals surface area contributed by atoms with Gasteiger partial charge in [-0.1, -0.05) is 15.9 Å². The van der Waals surface area contributed by atoms with Gasteiger partial charge in [0.15, 0.2) is 0 Å². The van der Waals surface area contributed by atoms with Crippen molar-refractivity contribution in [2.75, 3.05) is 0 Å². The van der Waals surface area contributed by atoms with Gasteiger partial charge in [0.2, 0.25) is 0 Å². The van der Waals surface area contributed by atoms with E-state index in [-0.39, 0.29) is 18.3 Å². The Labute approximate surface area is 132 Å². The Kier molecular flexibility index (Phi) is 4.93. The van der Waals surface area contributed by atoms with Crippen LogP contribution in [0.4, 0.5) is 4.39 Å². The molecule has 19 heavy (non-hydrogen) atoms. The van der Waals surface area contributed by atoms with Crippen LogP contribution in [0.5, 0.6) is 0 Å². The van der Waals surface area contributed by atoms with Crippen LogP contribution in [0.3, 0.4) is 0 Å². The molecule has 1 N–H and O–H groups in total. The minimum Gasteiger partial charge on any atom is -0.348 e. The van der Waals surface area contributed by atoms with Gasteiger partial charge in [-0.2, -0.15) is 0 Å². The van der Waals surface area contributed by atoms with E-state index in [9.17, 15) is 9.18 Å². The Morgan fingerprint density at radius 3 is 2.58 bits per heavy atom. The van der Waals surface area contributed by atoms with E-state index >= 15 is 0 Å². The summed E-state index contributed by atoms with van der Waals surface area (Å²) in [5.74, 6) is -0.491. The highest BCUT2D eigenvalue weighted by Crippen LogP contribution is 2.17. The zero-order valence-corrected chi connectivity index (χ0v) is 13.5. The van der Waals surface area contributed by atoms with Crippen molar-refractivity contribution in [2.24, 2.45) is 0 Å². The number of carbonyl (C=O) groups excluding carboxylic acids is 1. The first-order valence-electron chi connectivity index (χ1n) is 5.54. The molecular formula is C14H10BrFINO. The molecule has 0 heterocycles. The number of rotatable bonds is 3. The van der Waals surface area contributed by atoms with Crippen molar-refractivity contribution in [3.63, 3.8) is 0 Å². The molecule has 0 aromatic heterocycles. The van der Waals surface area contributed by atoms with Crippen LogP contribution in [0.15, 0.2) is 46.9 Å². The Morgan fingerprint density at radius 1 is 1.21 bits per heavy atom. The van der Waals surface area contributed by atoms with Crippen molar-refractivity contribution < 1.29 is 9.18 Å². The van der Waals surface area contributed by atoms with Crippen LogP contribution < -0.4 is 5.32 Å². The molecule has 0 radical (unpaired) electrons. The monoisotopic (exact) mass is 433 g/mol. The van der Waals surface area contributed by atoms with Crippen LogP contribution in [0.2, 0.25) is 0 Å². The molecule has 1 amide bonds. The zero-order chi connectivity index (χ0) is 13.8. The van der Waals surface area contributed by atoms with Crippen LogP contribution in [0, 0.1) is 9.39 Å². The summed E-state index contributed by atoms with van der Waals surface area (Å²) >= 11 is 5.51. The van der Waals surface area contributed by atoms with Gasteiger partial charge >= 0.3 is 0 Å². The average Bonchev–Trinajstić information content (AvgIpc) is 2.40. The SMILES string of the molecule is O=C(NCc1cc(F)ccc1Br)c1ccc(I)cc1. The molecule has 0 spiro atoms. The van der Waals surface area contributed by atoms with E-state index in [4.69, 9.17) is 0 Å². The lowest BCUT2D eigenvalue weighted by Gasteiger charge is -2.07. The van der Waals surface area contributed by atoms with Crippen LogP contribution in [-0.4, -0.2) is 5.91 Å². The van der Waals surface area contributed by atoms with Gasteiger partial charge in [0.1, 0.15) is 5.82 Å². The molecule has 0 bridgehead atoms. The number of hydrogen-bond acceptors (Lipinski definition) is 1. The first-order chi connectivity index (χ1) is 9.06. The number of amides is 1. The number of benzene rings is 2. The Morgan fingerprint density at radius 2 is 1.89 bits per heavy atom. The van der Waals surface area contributed by atoms with Gasteiger partial charge in [-0.05, 0) is 70.6 Å². The van der Waals surface area contributed by atoms with Crippen LogP contribution in [-0.2, 0) is 6.54 Å². The number of hydrogen-bond donors (Lipinski definition) is 1. The molecule has 0 aliphatic heterocycles. The van der Waals surface area contributed by atoms with E-state index in [0.717, 1.165) is 8.04 Å². The summed E-state index contributed by atoms with van der Waals surface area (Å²) < 4.78 is 15.0. The average molecular weight is 434 g/mol. The van der Waals surface area contributed by atoms with E-state index in [1.165, 1.54) is 12.1 Å². The second-order valence-corrected chi connectivity index (χ2v) is 6.03. The highest BCUT2D eigenvalue weighted by Gasteiger charge is 2.07. The molecule has 2 nitrogen and oxygen atoms in total. The first kappa shape index (κ1) is 14.5. The van der Waals surface area contributed by atoms with Crippen molar-refractivity contribution in [3.05, 3.63) is 67.5 Å². The molecule has 5 heteroatoms. The van der Waals surface area contributed by atoms with Gasteiger partial charge in [-0.3, -0.25) is 4.79 Å². The lowest BCUT2D eigenvalue weighted by molar-refractivity contribution is 0.0951. The molecule has 0 aliphatic carbocycles. The fourth-order valence-electron chi connectivity index (χ4n) is 1.56. The molecule has 2 aromatic carbocycles. The second kappa shape index (κ2) is 6.47. The summed E-state index contributed by atoms with van der Waals surface area (Å²) in [5.41, 5.74) is 1.30. The number of nitrogens with one attached hydrogen (secondary N) is 1. The minimum absolute atomic E-state index is 0.174. The minimum atomic E-state index is -0.318. The Hall–Kier alpha value is -0.950. The molecule has 2 rings (SSSR count). The molecule has 0 unspecified atom stereocenters.